The number of carbonyl (C=O) groups excluding carboxylic acids is 2. The second-order valence-electron chi connectivity index (χ2n) is 5.61. The molecule has 0 unspecified atom stereocenters. The summed E-state index contributed by atoms with van der Waals surface area (Å²) in [6, 6.07) is 7.45. The van der Waals surface area contributed by atoms with Gasteiger partial charge in [0.15, 0.2) is 0 Å². The van der Waals surface area contributed by atoms with Gasteiger partial charge < -0.3 is 20.3 Å². The topological polar surface area (TPSA) is 70.7 Å². The van der Waals surface area contributed by atoms with E-state index < -0.39 is 0 Å². The van der Waals surface area contributed by atoms with Gasteiger partial charge in [-0.25, -0.2) is 0 Å². The molecule has 1 heterocycles. The fraction of sp³-hybridized carbons (Fsp3) is 0.529. The molecule has 0 spiro atoms. The van der Waals surface area contributed by atoms with Crippen molar-refractivity contribution in [2.24, 2.45) is 0 Å². The number of nitrogens with one attached hydrogen (secondary N) is 2. The molecule has 0 atom stereocenters. The maximum Gasteiger partial charge on any atom is 0.251 e. The average molecular weight is 356 g/mol. The number of carbonyl (C=O) groups is 2. The van der Waals surface area contributed by atoms with E-state index in [2.05, 4.69) is 10.6 Å². The Morgan fingerprint density at radius 2 is 1.96 bits per heavy atom. The van der Waals surface area contributed by atoms with E-state index in [0.717, 1.165) is 25.1 Å². The third kappa shape index (κ3) is 6.47. The lowest BCUT2D eigenvalue weighted by Crippen LogP contribution is -2.33. The van der Waals surface area contributed by atoms with Crippen LogP contribution in [-0.2, 0) is 16.1 Å². The zero-order valence-corrected chi connectivity index (χ0v) is 14.9. The predicted molar refractivity (Wildman–Crippen MR) is 95.4 cm³/mol. The van der Waals surface area contributed by atoms with Gasteiger partial charge in [-0.3, -0.25) is 9.59 Å². The van der Waals surface area contributed by atoms with Crippen LogP contribution in [0.1, 0.15) is 28.8 Å². The van der Waals surface area contributed by atoms with Crippen LogP contribution in [0.4, 0.5) is 0 Å². The lowest BCUT2D eigenvalue weighted by molar-refractivity contribution is -0.128. The summed E-state index contributed by atoms with van der Waals surface area (Å²) in [5.41, 5.74) is 1.69. The monoisotopic (exact) mass is 355 g/mol. The predicted octanol–water partition coefficient (Wildman–Crippen LogP) is 1.20. The Balaban J connectivity index is 0.00000288. The highest BCUT2D eigenvalue weighted by Gasteiger charge is 2.19. The maximum atomic E-state index is 12.0. The van der Waals surface area contributed by atoms with Crippen molar-refractivity contribution in [3.05, 3.63) is 35.4 Å². The zero-order valence-electron chi connectivity index (χ0n) is 14.0. The molecule has 6 nitrogen and oxygen atoms in total. The highest BCUT2D eigenvalue weighted by molar-refractivity contribution is 5.94. The van der Waals surface area contributed by atoms with Crippen molar-refractivity contribution in [2.75, 3.05) is 39.9 Å². The van der Waals surface area contributed by atoms with E-state index in [4.69, 9.17) is 4.74 Å². The Kier molecular flexibility index (Phi) is 9.37. The van der Waals surface area contributed by atoms with Gasteiger partial charge in [0.25, 0.3) is 5.91 Å². The molecule has 1 aromatic rings. The molecule has 0 saturated carbocycles. The lowest BCUT2D eigenvalue weighted by Gasteiger charge is -2.15. The molecule has 0 radical (unpaired) electrons. The molecule has 2 rings (SSSR count). The van der Waals surface area contributed by atoms with Gasteiger partial charge in [-0.15, -0.1) is 12.4 Å². The Labute approximate surface area is 149 Å². The van der Waals surface area contributed by atoms with Crippen molar-refractivity contribution in [3.63, 3.8) is 0 Å². The van der Waals surface area contributed by atoms with Gasteiger partial charge in [-0.2, -0.15) is 0 Å². The molecule has 2 amide bonds. The second-order valence-corrected chi connectivity index (χ2v) is 5.61. The number of amides is 2. The first-order valence-electron chi connectivity index (χ1n) is 8.05. The molecule has 0 bridgehead atoms. The molecule has 1 aliphatic heterocycles. The molecule has 134 valence electrons. The van der Waals surface area contributed by atoms with E-state index in [1.807, 2.05) is 29.2 Å². The lowest BCUT2D eigenvalue weighted by atomic mass is 10.1. The number of nitrogens with zero attached hydrogens (tertiary/aromatic N) is 1. The molecule has 7 heteroatoms. The minimum atomic E-state index is -0.0812. The average Bonchev–Trinajstić information content (AvgIpc) is 2.96. The fourth-order valence-electron chi connectivity index (χ4n) is 2.52. The summed E-state index contributed by atoms with van der Waals surface area (Å²) in [6.07, 6.45) is 1.59. The van der Waals surface area contributed by atoms with Gasteiger partial charge in [-0.1, -0.05) is 12.1 Å². The Bertz CT molecular complexity index is 522. The van der Waals surface area contributed by atoms with Gasteiger partial charge in [0.2, 0.25) is 5.91 Å². The van der Waals surface area contributed by atoms with Crippen LogP contribution in [-0.4, -0.2) is 56.6 Å². The summed E-state index contributed by atoms with van der Waals surface area (Å²) in [6.45, 7) is 4.18. The van der Waals surface area contributed by atoms with E-state index in [0.29, 0.717) is 38.2 Å². The van der Waals surface area contributed by atoms with E-state index in [1.165, 1.54) is 0 Å². The Morgan fingerprint density at radius 1 is 1.21 bits per heavy atom. The molecule has 2 N–H and O–H groups in total. The van der Waals surface area contributed by atoms with Crippen LogP contribution < -0.4 is 10.6 Å². The Hall–Kier alpha value is -1.63. The molecule has 0 aromatic heterocycles. The number of rotatable bonds is 9. The molecular formula is C17H26ClN3O3. The molecule has 1 aromatic carbocycles. The van der Waals surface area contributed by atoms with E-state index in [-0.39, 0.29) is 24.2 Å². The van der Waals surface area contributed by atoms with Crippen molar-refractivity contribution in [1.82, 2.24) is 15.5 Å². The minimum absolute atomic E-state index is 0. The second kappa shape index (κ2) is 11.0. The van der Waals surface area contributed by atoms with Gasteiger partial charge in [-0.05, 0) is 24.1 Å². The van der Waals surface area contributed by atoms with Crippen molar-refractivity contribution in [2.45, 2.75) is 19.4 Å². The van der Waals surface area contributed by atoms with E-state index in [9.17, 15) is 9.59 Å². The number of hydrogen-bond acceptors (Lipinski definition) is 4. The van der Waals surface area contributed by atoms with Crippen molar-refractivity contribution in [3.8, 4) is 0 Å². The number of hydrogen-bond donors (Lipinski definition) is 2. The van der Waals surface area contributed by atoms with Crippen LogP contribution in [0.25, 0.3) is 0 Å². The highest BCUT2D eigenvalue weighted by atomic mass is 35.5. The summed E-state index contributed by atoms with van der Waals surface area (Å²) in [7, 11) is 1.66. The first-order chi connectivity index (χ1) is 11.2. The molecule has 24 heavy (non-hydrogen) atoms. The van der Waals surface area contributed by atoms with Crippen molar-refractivity contribution >= 4 is 24.2 Å². The van der Waals surface area contributed by atoms with Gasteiger partial charge in [0.05, 0.1) is 6.61 Å². The van der Waals surface area contributed by atoms with Gasteiger partial charge in [0, 0.05) is 51.8 Å². The van der Waals surface area contributed by atoms with Crippen LogP contribution in [0.2, 0.25) is 0 Å². The smallest absolute Gasteiger partial charge is 0.251 e. The Morgan fingerprint density at radius 3 is 2.58 bits per heavy atom. The molecular weight excluding hydrogens is 330 g/mol. The summed E-state index contributed by atoms with van der Waals surface area (Å²) in [5.74, 6) is 0.134. The number of ether oxygens (including phenoxy) is 1. The molecule has 0 aliphatic carbocycles. The van der Waals surface area contributed by atoms with E-state index >= 15 is 0 Å². The van der Waals surface area contributed by atoms with Gasteiger partial charge >= 0.3 is 0 Å². The summed E-state index contributed by atoms with van der Waals surface area (Å²) >= 11 is 0. The summed E-state index contributed by atoms with van der Waals surface area (Å²) in [5, 5.41) is 6.04. The molecule has 1 fully saturated rings. The third-order valence-corrected chi connectivity index (χ3v) is 3.83. The van der Waals surface area contributed by atoms with Crippen LogP contribution >= 0.6 is 12.4 Å². The van der Waals surface area contributed by atoms with Crippen molar-refractivity contribution in [1.29, 1.82) is 0 Å². The maximum absolute atomic E-state index is 12.0. The minimum Gasteiger partial charge on any atom is -0.383 e. The summed E-state index contributed by atoms with van der Waals surface area (Å²) in [4.78, 5) is 25.5. The quantitative estimate of drug-likeness (QED) is 0.653. The zero-order chi connectivity index (χ0) is 16.5. The number of methoxy groups -OCH3 is 1. The van der Waals surface area contributed by atoms with Crippen LogP contribution in [0, 0.1) is 0 Å². The largest absolute Gasteiger partial charge is 0.383 e. The summed E-state index contributed by atoms with van der Waals surface area (Å²) < 4.78 is 4.93. The van der Waals surface area contributed by atoms with Gasteiger partial charge in [0.1, 0.15) is 0 Å². The standard InChI is InChI=1S/C17H25N3O3.ClH/c1-23-12-10-18-8-9-19-17(22)15-6-4-14(5-7-15)13-20-11-2-3-16(20)21;/h4-7,18H,2-3,8-13H2,1H3,(H,19,22);1H. The van der Waals surface area contributed by atoms with Crippen LogP contribution in [0.15, 0.2) is 24.3 Å². The third-order valence-electron chi connectivity index (χ3n) is 3.83. The number of halogens is 1. The van der Waals surface area contributed by atoms with Crippen LogP contribution in [0.5, 0.6) is 0 Å². The molecule has 1 aliphatic rings. The highest BCUT2D eigenvalue weighted by Crippen LogP contribution is 2.14. The number of likely N-dealkylation sites (tertiary alicyclic amines) is 1. The van der Waals surface area contributed by atoms with Crippen LogP contribution in [0.3, 0.4) is 0 Å². The first-order valence-corrected chi connectivity index (χ1v) is 8.05. The molecule has 1 saturated heterocycles. The number of benzene rings is 1. The first kappa shape index (κ1) is 20.4. The fourth-order valence-corrected chi connectivity index (χ4v) is 2.52. The normalized spacial score (nSPS) is 13.7. The van der Waals surface area contributed by atoms with Crippen molar-refractivity contribution < 1.29 is 14.3 Å². The SMILES string of the molecule is COCCNCCNC(=O)c1ccc(CN2CCCC2=O)cc1.Cl. The van der Waals surface area contributed by atoms with E-state index in [1.54, 1.807) is 7.11 Å².